The van der Waals surface area contributed by atoms with Gasteiger partial charge < -0.3 is 25.0 Å². The van der Waals surface area contributed by atoms with Crippen LogP contribution >= 0.6 is 0 Å². The maximum atomic E-state index is 12.8. The Labute approximate surface area is 206 Å². The number of nitriles is 1. The number of hydrogen-bond acceptors (Lipinski definition) is 8. The number of aromatic hydroxyl groups is 1. The lowest BCUT2D eigenvalue weighted by Gasteiger charge is -2.15. The van der Waals surface area contributed by atoms with Crippen molar-refractivity contribution in [2.75, 3.05) is 24.9 Å². The minimum atomic E-state index is -1.37. The zero-order valence-electron chi connectivity index (χ0n) is 19.1. The van der Waals surface area contributed by atoms with Gasteiger partial charge in [-0.15, -0.1) is 0 Å². The first kappa shape index (κ1) is 25.3. The number of benzene rings is 3. The second-order valence-corrected chi connectivity index (χ2v) is 7.27. The van der Waals surface area contributed by atoms with E-state index in [1.54, 1.807) is 24.3 Å². The average molecular weight is 490 g/mol. The van der Waals surface area contributed by atoms with Gasteiger partial charge in [-0.05, 0) is 42.0 Å². The molecule has 0 spiro atoms. The van der Waals surface area contributed by atoms with Crippen LogP contribution in [0.1, 0.15) is 22.9 Å². The van der Waals surface area contributed by atoms with E-state index in [2.05, 4.69) is 15.4 Å². The number of aromatic carboxylic acids is 1. The molecule has 3 aromatic carbocycles. The Kier molecular flexibility index (Phi) is 7.51. The van der Waals surface area contributed by atoms with Gasteiger partial charge >= 0.3 is 12.1 Å². The van der Waals surface area contributed by atoms with Gasteiger partial charge in [0.15, 0.2) is 0 Å². The van der Waals surface area contributed by atoms with E-state index in [1.165, 1.54) is 38.5 Å². The van der Waals surface area contributed by atoms with Crippen LogP contribution < -0.4 is 15.4 Å². The van der Waals surface area contributed by atoms with Crippen molar-refractivity contribution in [2.24, 2.45) is 0 Å². The van der Waals surface area contributed by atoms with Gasteiger partial charge in [0.05, 0.1) is 37.1 Å². The maximum Gasteiger partial charge on any atom is 0.411 e. The molecule has 184 valence electrons. The lowest BCUT2D eigenvalue weighted by Crippen LogP contribution is -2.24. The van der Waals surface area contributed by atoms with E-state index in [1.807, 2.05) is 6.07 Å². The molecule has 0 aromatic heterocycles. The van der Waals surface area contributed by atoms with Crippen molar-refractivity contribution < 1.29 is 35.5 Å². The summed E-state index contributed by atoms with van der Waals surface area (Å²) in [4.78, 5) is 35.7. The number of phenols is 1. The summed E-state index contributed by atoms with van der Waals surface area (Å²) in [6.45, 7) is 0. The van der Waals surface area contributed by atoms with Crippen LogP contribution in [0.25, 0.3) is 11.1 Å². The number of anilines is 2. The molecular formula is C25H22N4O7. The molecule has 0 aliphatic heterocycles. The van der Waals surface area contributed by atoms with Crippen LogP contribution in [0.2, 0.25) is 0 Å². The number of rotatable bonds is 7. The molecule has 0 aliphatic carbocycles. The van der Waals surface area contributed by atoms with Gasteiger partial charge in [0.1, 0.15) is 17.2 Å². The molecule has 2 amide bonds. The highest BCUT2D eigenvalue weighted by atomic mass is 16.5. The first-order valence-electron chi connectivity index (χ1n) is 10.2. The molecule has 0 aliphatic rings. The number of hydrogen-bond donors (Lipinski definition) is 5. The normalized spacial score (nSPS) is 10.0. The molecule has 0 unspecified atom stereocenters. The quantitative estimate of drug-likeness (QED) is 0.307. The highest BCUT2D eigenvalue weighted by molar-refractivity contribution is 6.48. The number of amides is 2. The molecule has 0 fully saturated rings. The molecule has 0 saturated heterocycles. The van der Waals surface area contributed by atoms with Gasteiger partial charge in [-0.3, -0.25) is 15.5 Å². The first-order chi connectivity index (χ1) is 17.2. The Balaban J connectivity index is 0.00000481. The van der Waals surface area contributed by atoms with Crippen LogP contribution in [0.5, 0.6) is 11.5 Å². The van der Waals surface area contributed by atoms with Crippen LogP contribution in [-0.2, 0) is 9.53 Å². The number of carbonyl (C=O) groups excluding carboxylic acids is 2. The lowest BCUT2D eigenvalue weighted by molar-refractivity contribution is -0.110. The zero-order valence-corrected chi connectivity index (χ0v) is 19.1. The molecule has 3 aromatic rings. The van der Waals surface area contributed by atoms with E-state index in [9.17, 15) is 24.6 Å². The minimum Gasteiger partial charge on any atom is -0.507 e. The third kappa shape index (κ3) is 5.40. The maximum absolute atomic E-state index is 12.8. The van der Waals surface area contributed by atoms with Crippen LogP contribution in [0.4, 0.5) is 16.2 Å². The predicted octanol–water partition coefficient (Wildman–Crippen LogP) is 4.07. The van der Waals surface area contributed by atoms with E-state index in [0.717, 1.165) is 6.07 Å². The molecule has 3 rings (SSSR count). The van der Waals surface area contributed by atoms with Gasteiger partial charge in [-0.2, -0.15) is 5.26 Å². The van der Waals surface area contributed by atoms with Crippen molar-refractivity contribution in [3.8, 4) is 28.7 Å². The molecule has 11 heteroatoms. The predicted molar refractivity (Wildman–Crippen MR) is 132 cm³/mol. The molecule has 0 bridgehead atoms. The summed E-state index contributed by atoms with van der Waals surface area (Å²) in [6.07, 6.45) is -0.639. The van der Waals surface area contributed by atoms with Crippen LogP contribution in [0, 0.1) is 16.7 Å². The number of nitrogens with zero attached hydrogens (tertiary/aromatic N) is 1. The molecule has 0 atom stereocenters. The van der Waals surface area contributed by atoms with Crippen LogP contribution in [0.3, 0.4) is 0 Å². The molecule has 0 heterocycles. The van der Waals surface area contributed by atoms with Gasteiger partial charge in [0.2, 0.25) is 0 Å². The van der Waals surface area contributed by atoms with Crippen molar-refractivity contribution in [3.63, 3.8) is 0 Å². The van der Waals surface area contributed by atoms with Crippen LogP contribution in [-0.4, -0.2) is 48.1 Å². The third-order valence-electron chi connectivity index (χ3n) is 5.07. The average Bonchev–Trinajstić information content (AvgIpc) is 2.88. The number of ether oxygens (including phenoxy) is 2. The van der Waals surface area contributed by atoms with Crippen molar-refractivity contribution in [1.29, 1.82) is 10.7 Å². The monoisotopic (exact) mass is 490 g/mol. The van der Waals surface area contributed by atoms with E-state index >= 15 is 0 Å². The van der Waals surface area contributed by atoms with E-state index in [4.69, 9.17) is 15.4 Å². The third-order valence-corrected chi connectivity index (χ3v) is 5.07. The fourth-order valence-electron chi connectivity index (χ4n) is 3.27. The molecule has 0 radical (unpaired) electrons. The highest BCUT2D eigenvalue weighted by Crippen LogP contribution is 2.36. The zero-order chi connectivity index (χ0) is 26.4. The molecule has 11 nitrogen and oxygen atoms in total. The second kappa shape index (κ2) is 10.7. The number of phenolic OH excluding ortho intramolecular Hbond substituents is 1. The van der Waals surface area contributed by atoms with Gasteiger partial charge in [-0.1, -0.05) is 12.1 Å². The number of carbonyl (C=O) groups is 3. The topological polar surface area (TPSA) is 182 Å². The van der Waals surface area contributed by atoms with Gasteiger partial charge in [0, 0.05) is 24.3 Å². The standard InChI is InChI=1S/C25H20N4O7.H2/c1-35-21-11-20(30)18(10-16(21)14-4-6-15(7-5-14)28-25(34)36-2)22(27)23(31)29-19-8-3-13(12-26)9-17(19)24(32)33;/h3-11,27,30H,1-2H3,(H,28,34)(H,29,31)(H,32,33);1H. The summed E-state index contributed by atoms with van der Waals surface area (Å²) in [5, 5.41) is 42.0. The minimum absolute atomic E-state index is 0. The first-order valence-corrected chi connectivity index (χ1v) is 10.2. The van der Waals surface area contributed by atoms with Crippen molar-refractivity contribution in [2.45, 2.75) is 0 Å². The summed E-state index contributed by atoms with van der Waals surface area (Å²) in [7, 11) is 2.63. The smallest absolute Gasteiger partial charge is 0.411 e. The molecule has 36 heavy (non-hydrogen) atoms. The Bertz CT molecular complexity index is 1420. The summed E-state index contributed by atoms with van der Waals surface area (Å²) in [5.41, 5.74) is 0.382. The van der Waals surface area contributed by atoms with Gasteiger partial charge in [0.25, 0.3) is 5.91 Å². The number of nitrogens with one attached hydrogen (secondary N) is 3. The van der Waals surface area contributed by atoms with Crippen LogP contribution in [0.15, 0.2) is 54.6 Å². The number of carboxylic acid groups (broad SMARTS) is 1. The highest BCUT2D eigenvalue weighted by Gasteiger charge is 2.22. The molecule has 0 saturated carbocycles. The second-order valence-electron chi connectivity index (χ2n) is 7.27. The largest absolute Gasteiger partial charge is 0.507 e. The SMILES string of the molecule is COC(=O)Nc1ccc(-c2cc(C(=N)C(=O)Nc3ccc(C#N)cc3C(=O)O)c(O)cc2OC)cc1.[HH]. The Hall–Kier alpha value is -5.37. The summed E-state index contributed by atoms with van der Waals surface area (Å²) in [6, 6.07) is 14.6. The molecule has 5 N–H and O–H groups in total. The number of carboxylic acids is 1. The van der Waals surface area contributed by atoms with Crippen molar-refractivity contribution >= 4 is 35.1 Å². The Morgan fingerprint density at radius 2 is 1.69 bits per heavy atom. The van der Waals surface area contributed by atoms with Crippen molar-refractivity contribution in [3.05, 3.63) is 71.3 Å². The Morgan fingerprint density at radius 1 is 1.00 bits per heavy atom. The number of methoxy groups -OCH3 is 2. The van der Waals surface area contributed by atoms with Gasteiger partial charge in [-0.25, -0.2) is 9.59 Å². The summed E-state index contributed by atoms with van der Waals surface area (Å²) >= 11 is 0. The fraction of sp³-hybridized carbons (Fsp3) is 0.0800. The summed E-state index contributed by atoms with van der Waals surface area (Å²) in [5.74, 6) is -2.49. The molecular weight excluding hydrogens is 468 g/mol. The van der Waals surface area contributed by atoms with E-state index in [-0.39, 0.29) is 29.6 Å². The fourth-order valence-corrected chi connectivity index (χ4v) is 3.27. The summed E-state index contributed by atoms with van der Waals surface area (Å²) < 4.78 is 9.89. The lowest BCUT2D eigenvalue weighted by atomic mass is 9.98. The van der Waals surface area contributed by atoms with Crippen molar-refractivity contribution in [1.82, 2.24) is 0 Å². The van der Waals surface area contributed by atoms with E-state index in [0.29, 0.717) is 16.8 Å². The Morgan fingerprint density at radius 3 is 2.28 bits per heavy atom. The van der Waals surface area contributed by atoms with E-state index < -0.39 is 29.4 Å².